The van der Waals surface area contributed by atoms with Crippen LogP contribution in [0.25, 0.3) is 21.2 Å². The summed E-state index contributed by atoms with van der Waals surface area (Å²) in [6, 6.07) is 11.1. The predicted molar refractivity (Wildman–Crippen MR) is 88.1 cm³/mol. The molecule has 0 saturated heterocycles. The van der Waals surface area contributed by atoms with Crippen LogP contribution in [-0.2, 0) is 0 Å². The zero-order chi connectivity index (χ0) is 15.1. The van der Waals surface area contributed by atoms with Gasteiger partial charge in [-0.3, -0.25) is 10.1 Å². The number of hydrogen-bond donors (Lipinski definition) is 0. The zero-order valence-electron chi connectivity index (χ0n) is 12.1. The van der Waals surface area contributed by atoms with Crippen LogP contribution < -0.4 is 0 Å². The fourth-order valence-corrected chi connectivity index (χ4v) is 3.74. The number of nitrogens with zero attached hydrogens (tertiary/aromatic N) is 1. The minimum absolute atomic E-state index is 0.157. The molecule has 3 aromatic rings. The Kier molecular flexibility index (Phi) is 3.26. The van der Waals surface area contributed by atoms with Gasteiger partial charge < -0.3 is 0 Å². The van der Waals surface area contributed by atoms with Gasteiger partial charge in [-0.15, -0.1) is 11.3 Å². The summed E-state index contributed by atoms with van der Waals surface area (Å²) in [6.45, 7) is 6.25. The van der Waals surface area contributed by atoms with Crippen LogP contribution in [0.2, 0.25) is 0 Å². The maximum absolute atomic E-state index is 11.2. The number of aryl methyl sites for hydroxylation is 3. The lowest BCUT2D eigenvalue weighted by atomic mass is 9.97. The first-order valence-electron chi connectivity index (χ1n) is 6.73. The maximum Gasteiger partial charge on any atom is 0.277 e. The van der Waals surface area contributed by atoms with E-state index in [9.17, 15) is 10.1 Å². The van der Waals surface area contributed by atoms with Crippen LogP contribution in [-0.4, -0.2) is 4.92 Å². The Morgan fingerprint density at radius 1 is 1.05 bits per heavy atom. The standard InChI is InChI=1S/C17H15NO2S/c1-10-8-15-11(2)12(3)21-17(15)9-14(10)13-6-4-5-7-16(13)18(19)20/h4-9H,1-3H3. The Morgan fingerprint density at radius 2 is 1.76 bits per heavy atom. The zero-order valence-corrected chi connectivity index (χ0v) is 13.0. The highest BCUT2D eigenvalue weighted by atomic mass is 32.1. The summed E-state index contributed by atoms with van der Waals surface area (Å²) >= 11 is 1.74. The fraction of sp³-hybridized carbons (Fsp3) is 0.176. The van der Waals surface area contributed by atoms with E-state index < -0.39 is 0 Å². The summed E-state index contributed by atoms with van der Waals surface area (Å²) in [5, 5.41) is 12.5. The van der Waals surface area contributed by atoms with Crippen molar-refractivity contribution in [2.75, 3.05) is 0 Å². The van der Waals surface area contributed by atoms with Gasteiger partial charge in [-0.1, -0.05) is 12.1 Å². The van der Waals surface area contributed by atoms with Crippen molar-refractivity contribution in [3.05, 3.63) is 62.5 Å². The van der Waals surface area contributed by atoms with Crippen molar-refractivity contribution in [1.29, 1.82) is 0 Å². The summed E-state index contributed by atoms with van der Waals surface area (Å²) in [7, 11) is 0. The Balaban J connectivity index is 2.31. The highest BCUT2D eigenvalue weighted by Crippen LogP contribution is 2.38. The molecule has 3 rings (SSSR count). The predicted octanol–water partition coefficient (Wildman–Crippen LogP) is 5.40. The van der Waals surface area contributed by atoms with Crippen LogP contribution in [0.4, 0.5) is 5.69 Å². The SMILES string of the molecule is Cc1cc2c(C)c(C)sc2cc1-c1ccccc1[N+](=O)[O-]. The van der Waals surface area contributed by atoms with Crippen molar-refractivity contribution in [3.8, 4) is 11.1 Å². The van der Waals surface area contributed by atoms with Gasteiger partial charge in [0.1, 0.15) is 0 Å². The molecule has 4 heteroatoms. The first-order chi connectivity index (χ1) is 9.99. The highest BCUT2D eigenvalue weighted by Gasteiger charge is 2.17. The molecular formula is C17H15NO2S. The minimum Gasteiger partial charge on any atom is -0.258 e. The molecule has 0 aliphatic carbocycles. The molecule has 0 fully saturated rings. The number of benzene rings is 2. The Bertz CT molecular complexity index is 865. The van der Waals surface area contributed by atoms with E-state index in [1.165, 1.54) is 20.5 Å². The third-order valence-corrected chi connectivity index (χ3v) is 5.08. The van der Waals surface area contributed by atoms with Crippen molar-refractivity contribution >= 4 is 27.1 Å². The molecular weight excluding hydrogens is 282 g/mol. The molecule has 0 unspecified atom stereocenters. The summed E-state index contributed by atoms with van der Waals surface area (Å²) in [6.07, 6.45) is 0. The number of thiophene rings is 1. The molecule has 0 spiro atoms. The van der Waals surface area contributed by atoms with Gasteiger partial charge in [0.25, 0.3) is 5.69 Å². The molecule has 0 atom stereocenters. The van der Waals surface area contributed by atoms with Crippen molar-refractivity contribution in [2.45, 2.75) is 20.8 Å². The van der Waals surface area contributed by atoms with Crippen LogP contribution in [0.5, 0.6) is 0 Å². The number of fused-ring (bicyclic) bond motifs is 1. The van der Waals surface area contributed by atoms with Gasteiger partial charge in [-0.2, -0.15) is 0 Å². The van der Waals surface area contributed by atoms with Gasteiger partial charge >= 0.3 is 0 Å². The third-order valence-electron chi connectivity index (χ3n) is 3.91. The quantitative estimate of drug-likeness (QED) is 0.469. The molecule has 0 saturated carbocycles. The lowest BCUT2D eigenvalue weighted by molar-refractivity contribution is -0.384. The number of nitro benzene ring substituents is 1. The van der Waals surface area contributed by atoms with Gasteiger partial charge in [0, 0.05) is 15.6 Å². The van der Waals surface area contributed by atoms with Crippen LogP contribution >= 0.6 is 11.3 Å². The molecule has 3 nitrogen and oxygen atoms in total. The van der Waals surface area contributed by atoms with Gasteiger partial charge in [0.2, 0.25) is 0 Å². The molecule has 2 aromatic carbocycles. The average molecular weight is 297 g/mol. The van der Waals surface area contributed by atoms with Crippen molar-refractivity contribution in [2.24, 2.45) is 0 Å². The summed E-state index contributed by atoms with van der Waals surface area (Å²) in [4.78, 5) is 12.2. The van der Waals surface area contributed by atoms with E-state index in [0.717, 1.165) is 11.1 Å². The Labute approximate surface area is 127 Å². The Morgan fingerprint density at radius 3 is 2.48 bits per heavy atom. The van der Waals surface area contributed by atoms with Crippen molar-refractivity contribution < 1.29 is 4.92 Å². The van der Waals surface area contributed by atoms with Crippen molar-refractivity contribution in [3.63, 3.8) is 0 Å². The number of hydrogen-bond acceptors (Lipinski definition) is 3. The third kappa shape index (κ3) is 2.21. The number of nitro groups is 1. The van der Waals surface area contributed by atoms with Gasteiger partial charge in [-0.25, -0.2) is 0 Å². The fourth-order valence-electron chi connectivity index (χ4n) is 2.65. The first kappa shape index (κ1) is 13.8. The first-order valence-corrected chi connectivity index (χ1v) is 7.55. The molecule has 0 aliphatic heterocycles. The molecule has 1 aromatic heterocycles. The second-order valence-corrected chi connectivity index (χ2v) is 6.48. The molecule has 21 heavy (non-hydrogen) atoms. The molecule has 0 N–H and O–H groups in total. The van der Waals surface area contributed by atoms with E-state index in [0.29, 0.717) is 5.56 Å². The van der Waals surface area contributed by atoms with E-state index in [-0.39, 0.29) is 10.6 Å². The van der Waals surface area contributed by atoms with E-state index >= 15 is 0 Å². The second-order valence-electron chi connectivity index (χ2n) is 5.22. The van der Waals surface area contributed by atoms with E-state index in [1.54, 1.807) is 23.5 Å². The van der Waals surface area contributed by atoms with Crippen LogP contribution in [0.3, 0.4) is 0 Å². The molecule has 0 bridgehead atoms. The maximum atomic E-state index is 11.2. The highest BCUT2D eigenvalue weighted by molar-refractivity contribution is 7.19. The molecule has 0 amide bonds. The topological polar surface area (TPSA) is 43.1 Å². The molecule has 0 radical (unpaired) electrons. The smallest absolute Gasteiger partial charge is 0.258 e. The van der Waals surface area contributed by atoms with Crippen LogP contribution in [0.15, 0.2) is 36.4 Å². The van der Waals surface area contributed by atoms with E-state index in [4.69, 9.17) is 0 Å². The number of rotatable bonds is 2. The normalized spacial score (nSPS) is 11.0. The lowest BCUT2D eigenvalue weighted by Gasteiger charge is -2.07. The largest absolute Gasteiger partial charge is 0.277 e. The molecule has 106 valence electrons. The minimum atomic E-state index is -0.316. The summed E-state index contributed by atoms with van der Waals surface area (Å²) in [5.74, 6) is 0. The average Bonchev–Trinajstić information content (AvgIpc) is 2.73. The van der Waals surface area contributed by atoms with E-state index in [1.807, 2.05) is 19.1 Å². The lowest BCUT2D eigenvalue weighted by Crippen LogP contribution is -1.93. The molecule has 0 aliphatic rings. The van der Waals surface area contributed by atoms with Gasteiger partial charge in [-0.05, 0) is 61.0 Å². The molecule has 1 heterocycles. The van der Waals surface area contributed by atoms with Crippen molar-refractivity contribution in [1.82, 2.24) is 0 Å². The van der Waals surface area contributed by atoms with Gasteiger partial charge in [0.15, 0.2) is 0 Å². The van der Waals surface area contributed by atoms with E-state index in [2.05, 4.69) is 26.0 Å². The van der Waals surface area contributed by atoms with Gasteiger partial charge in [0.05, 0.1) is 10.5 Å². The monoisotopic (exact) mass is 297 g/mol. The second kappa shape index (κ2) is 4.97. The summed E-state index contributed by atoms with van der Waals surface area (Å²) in [5.41, 5.74) is 4.15. The van der Waals surface area contributed by atoms with Crippen LogP contribution in [0.1, 0.15) is 16.0 Å². The van der Waals surface area contributed by atoms with Crippen LogP contribution in [0, 0.1) is 30.9 Å². The number of para-hydroxylation sites is 1. The summed E-state index contributed by atoms with van der Waals surface area (Å²) < 4.78 is 1.18. The Hall–Kier alpha value is -2.20.